The average Bonchev–Trinajstić information content (AvgIpc) is 3.38. The van der Waals surface area contributed by atoms with Crippen molar-refractivity contribution >= 4 is 38.7 Å². The van der Waals surface area contributed by atoms with Gasteiger partial charge in [0.2, 0.25) is 5.43 Å². The molecular weight excluding hydrogens is 433 g/mol. The number of rotatable bonds is 4. The predicted octanol–water partition coefficient (Wildman–Crippen LogP) is 3.24. The number of ether oxygens (including phenoxy) is 1. The molecule has 2 aliphatic heterocycles. The molecule has 4 heterocycles. The van der Waals surface area contributed by atoms with E-state index >= 15 is 4.39 Å². The zero-order valence-corrected chi connectivity index (χ0v) is 18.3. The van der Waals surface area contributed by atoms with E-state index in [-0.39, 0.29) is 17.6 Å². The smallest absolute Gasteiger partial charge is 0.342 e. The summed E-state index contributed by atoms with van der Waals surface area (Å²) in [6, 6.07) is 1.19. The molecular formula is C23H22FN3O4S. The van der Waals surface area contributed by atoms with Gasteiger partial charge in [-0.05, 0) is 44.0 Å². The quantitative estimate of drug-likeness (QED) is 0.588. The van der Waals surface area contributed by atoms with Crippen LogP contribution in [0.25, 0.3) is 15.7 Å². The van der Waals surface area contributed by atoms with Crippen LogP contribution < -0.4 is 20.4 Å². The number of aromatic nitrogens is 1. The molecule has 3 aliphatic rings. The largest absolute Gasteiger partial charge is 0.483 e. The summed E-state index contributed by atoms with van der Waals surface area (Å²) < 4.78 is 23.4. The Morgan fingerprint density at radius 2 is 2.28 bits per heavy atom. The predicted molar refractivity (Wildman–Crippen MR) is 121 cm³/mol. The molecule has 1 aliphatic carbocycles. The summed E-state index contributed by atoms with van der Waals surface area (Å²) in [5.74, 6) is -0.664. The third-order valence-electron chi connectivity index (χ3n) is 7.03. The Bertz CT molecular complexity index is 1390. The number of aromatic carboxylic acids is 1. The first kappa shape index (κ1) is 19.8. The van der Waals surface area contributed by atoms with Crippen molar-refractivity contribution in [2.45, 2.75) is 19.4 Å². The molecule has 2 unspecified atom stereocenters. The van der Waals surface area contributed by atoms with Crippen LogP contribution in [0.4, 0.5) is 10.1 Å². The molecule has 1 saturated heterocycles. The lowest BCUT2D eigenvalue weighted by molar-refractivity contribution is 0.0697. The van der Waals surface area contributed by atoms with E-state index in [9.17, 15) is 14.7 Å². The monoisotopic (exact) mass is 455 g/mol. The van der Waals surface area contributed by atoms with E-state index in [2.05, 4.69) is 11.4 Å². The van der Waals surface area contributed by atoms with Crippen molar-refractivity contribution in [1.82, 2.24) is 9.72 Å². The van der Waals surface area contributed by atoms with Gasteiger partial charge in [-0.3, -0.25) is 9.20 Å². The fourth-order valence-corrected chi connectivity index (χ4v) is 6.69. The maximum Gasteiger partial charge on any atom is 0.342 e. The Morgan fingerprint density at radius 3 is 3.06 bits per heavy atom. The van der Waals surface area contributed by atoms with Gasteiger partial charge >= 0.3 is 5.97 Å². The lowest BCUT2D eigenvalue weighted by atomic mass is 9.80. The van der Waals surface area contributed by atoms with Crippen molar-refractivity contribution in [2.75, 3.05) is 31.6 Å². The molecule has 3 aromatic rings. The zero-order chi connectivity index (χ0) is 22.1. The molecule has 0 saturated carbocycles. The van der Waals surface area contributed by atoms with Crippen molar-refractivity contribution in [3.63, 3.8) is 0 Å². The number of hydrogen-bond acceptors (Lipinski definition) is 6. The number of carboxylic acid groups (broad SMARTS) is 1. The van der Waals surface area contributed by atoms with Gasteiger partial charge in [-0.25, -0.2) is 9.18 Å². The number of nitrogens with one attached hydrogen (secondary N) is 1. The Hall–Kier alpha value is -2.91. The molecule has 166 valence electrons. The summed E-state index contributed by atoms with van der Waals surface area (Å²) >= 11 is 1.20. The summed E-state index contributed by atoms with van der Waals surface area (Å²) in [6.07, 6.45) is 4.42. The number of carbonyl (C=O) groups is 1. The van der Waals surface area contributed by atoms with Crippen LogP contribution in [0.5, 0.6) is 5.75 Å². The molecule has 32 heavy (non-hydrogen) atoms. The number of halogens is 1. The highest BCUT2D eigenvalue weighted by Crippen LogP contribution is 2.46. The van der Waals surface area contributed by atoms with E-state index < -0.39 is 17.2 Å². The molecule has 2 atom stereocenters. The second-order valence-electron chi connectivity index (χ2n) is 8.76. The van der Waals surface area contributed by atoms with Crippen molar-refractivity contribution in [3.8, 4) is 5.75 Å². The molecule has 7 nitrogen and oxygen atoms in total. The maximum atomic E-state index is 15.6. The van der Waals surface area contributed by atoms with Crippen molar-refractivity contribution in [2.24, 2.45) is 11.8 Å². The standard InChI is InChI=1S/C23H22FN3O4S/c1-25-6-11-3-2-4-12-7-26(8-15(11)12)19-16(24)5-14-18-21(19)31-9-13-10-32-22(27(13)18)17(20(14)28)23(29)30/h4-5,10-11,15,25H,2-3,6-9H2,1H3,(H,29,30). The molecule has 0 amide bonds. The van der Waals surface area contributed by atoms with Gasteiger partial charge in [0.1, 0.15) is 28.2 Å². The Labute approximate surface area is 186 Å². The summed E-state index contributed by atoms with van der Waals surface area (Å²) in [5, 5.41) is 14.8. The zero-order valence-electron chi connectivity index (χ0n) is 17.5. The number of nitrogens with zero attached hydrogens (tertiary/aromatic N) is 2. The molecule has 1 aromatic carbocycles. The van der Waals surface area contributed by atoms with Crippen LogP contribution >= 0.6 is 11.3 Å². The van der Waals surface area contributed by atoms with Gasteiger partial charge in [0.15, 0.2) is 11.6 Å². The number of benzene rings is 1. The minimum absolute atomic E-state index is 0.0411. The van der Waals surface area contributed by atoms with Gasteiger partial charge in [-0.2, -0.15) is 0 Å². The fraction of sp³-hybridized carbons (Fsp3) is 0.391. The highest BCUT2D eigenvalue weighted by Gasteiger charge is 2.38. The van der Waals surface area contributed by atoms with Crippen LogP contribution in [0.15, 0.2) is 27.9 Å². The molecule has 2 aromatic heterocycles. The normalized spacial score (nSPS) is 21.8. The second-order valence-corrected chi connectivity index (χ2v) is 9.62. The molecule has 0 spiro atoms. The highest BCUT2D eigenvalue weighted by molar-refractivity contribution is 7.16. The number of hydrogen-bond donors (Lipinski definition) is 2. The van der Waals surface area contributed by atoms with Crippen LogP contribution in [-0.2, 0) is 6.61 Å². The summed E-state index contributed by atoms with van der Waals surface area (Å²) in [7, 11) is 1.96. The van der Waals surface area contributed by atoms with Crippen LogP contribution in [-0.4, -0.2) is 42.2 Å². The number of thiazole rings is 1. The van der Waals surface area contributed by atoms with Gasteiger partial charge in [-0.15, -0.1) is 11.3 Å². The van der Waals surface area contributed by atoms with Gasteiger partial charge in [0, 0.05) is 24.4 Å². The first-order chi connectivity index (χ1) is 15.5. The SMILES string of the molecule is CNCC1CCC=C2CN(c3c(F)cc4c(=O)c(C(=O)O)c5scc6n5c4c3OC6)CC21. The summed E-state index contributed by atoms with van der Waals surface area (Å²) in [5.41, 5.74) is 1.92. The number of anilines is 1. The third-order valence-corrected chi connectivity index (χ3v) is 8.03. The molecule has 2 N–H and O–H groups in total. The van der Waals surface area contributed by atoms with E-state index in [1.165, 1.54) is 23.0 Å². The van der Waals surface area contributed by atoms with E-state index in [4.69, 9.17) is 4.74 Å². The summed E-state index contributed by atoms with van der Waals surface area (Å²) in [6.45, 7) is 2.44. The lowest BCUT2D eigenvalue weighted by Crippen LogP contribution is -2.31. The second kappa shape index (κ2) is 7.05. The Morgan fingerprint density at radius 1 is 1.44 bits per heavy atom. The summed E-state index contributed by atoms with van der Waals surface area (Å²) in [4.78, 5) is 27.2. The van der Waals surface area contributed by atoms with Gasteiger partial charge in [-0.1, -0.05) is 6.08 Å². The topological polar surface area (TPSA) is 83.3 Å². The third kappa shape index (κ3) is 2.61. The van der Waals surface area contributed by atoms with Gasteiger partial charge in [0.05, 0.1) is 11.1 Å². The van der Waals surface area contributed by atoms with E-state index in [0.29, 0.717) is 46.7 Å². The molecule has 0 radical (unpaired) electrons. The molecule has 0 bridgehead atoms. The maximum absolute atomic E-state index is 15.6. The fourth-order valence-electron chi connectivity index (χ4n) is 5.66. The average molecular weight is 456 g/mol. The Kier molecular flexibility index (Phi) is 4.35. The van der Waals surface area contributed by atoms with Gasteiger partial charge in [0.25, 0.3) is 0 Å². The lowest BCUT2D eigenvalue weighted by Gasteiger charge is -2.28. The molecule has 1 fully saturated rings. The number of carboxylic acids is 1. The van der Waals surface area contributed by atoms with Crippen molar-refractivity contribution < 1.29 is 19.0 Å². The van der Waals surface area contributed by atoms with Gasteiger partial charge < -0.3 is 20.1 Å². The number of pyridine rings is 1. The van der Waals surface area contributed by atoms with Crippen LogP contribution in [0, 0.1) is 17.7 Å². The van der Waals surface area contributed by atoms with Crippen molar-refractivity contribution in [3.05, 3.63) is 50.4 Å². The van der Waals surface area contributed by atoms with E-state index in [0.717, 1.165) is 25.1 Å². The first-order valence-corrected chi connectivity index (χ1v) is 11.6. The Balaban J connectivity index is 1.57. The van der Waals surface area contributed by atoms with Crippen LogP contribution in [0.2, 0.25) is 0 Å². The van der Waals surface area contributed by atoms with Crippen LogP contribution in [0.3, 0.4) is 0 Å². The number of allylic oxidation sites excluding steroid dienone is 1. The first-order valence-electron chi connectivity index (χ1n) is 10.8. The number of fused-ring (bicyclic) bond motifs is 1. The van der Waals surface area contributed by atoms with Crippen molar-refractivity contribution in [1.29, 1.82) is 0 Å². The highest BCUT2D eigenvalue weighted by atomic mass is 32.1. The van der Waals surface area contributed by atoms with E-state index in [1.807, 2.05) is 11.9 Å². The minimum Gasteiger partial charge on any atom is -0.483 e. The molecule has 9 heteroatoms. The molecule has 6 rings (SSSR count). The van der Waals surface area contributed by atoms with E-state index in [1.54, 1.807) is 9.78 Å². The minimum atomic E-state index is -1.30. The van der Waals surface area contributed by atoms with Crippen LogP contribution in [0.1, 0.15) is 28.9 Å².